The van der Waals surface area contributed by atoms with Gasteiger partial charge < -0.3 is 36.8 Å². The predicted octanol–water partition coefficient (Wildman–Crippen LogP) is 1.82. The first kappa shape index (κ1) is 37.7. The van der Waals surface area contributed by atoms with Crippen LogP contribution in [0.1, 0.15) is 49.9 Å². The van der Waals surface area contributed by atoms with Gasteiger partial charge in [-0.05, 0) is 82.3 Å². The number of rotatable bonds is 7. The zero-order chi connectivity index (χ0) is 35.1. The van der Waals surface area contributed by atoms with Gasteiger partial charge in [0.2, 0.25) is 23.6 Å². The molecule has 47 heavy (non-hydrogen) atoms. The zero-order valence-electron chi connectivity index (χ0n) is 27.8. The van der Waals surface area contributed by atoms with E-state index in [9.17, 15) is 29.1 Å². The van der Waals surface area contributed by atoms with Crippen molar-refractivity contribution in [3.8, 4) is 5.75 Å². The molecule has 0 aromatic heterocycles. The Morgan fingerprint density at radius 2 is 1.60 bits per heavy atom. The maximum atomic E-state index is 13.7. The van der Waals surface area contributed by atoms with Crippen LogP contribution in [-0.2, 0) is 41.6 Å². The molecule has 0 saturated carbocycles. The lowest BCUT2D eigenvalue weighted by atomic mass is 9.95. The molecule has 1 aliphatic heterocycles. The van der Waals surface area contributed by atoms with Crippen molar-refractivity contribution in [1.82, 2.24) is 21.3 Å². The van der Waals surface area contributed by atoms with E-state index in [1.807, 2.05) is 44.2 Å². The average Bonchev–Trinajstić information content (AvgIpc) is 3.01. The Kier molecular flexibility index (Phi) is 12.8. The summed E-state index contributed by atoms with van der Waals surface area (Å²) < 4.78 is 3.06. The number of methoxy groups -OCH3 is 1. The summed E-state index contributed by atoms with van der Waals surface area (Å²) in [5, 5.41) is 20.8. The largest absolute Gasteiger partial charge is 0.508 e. The molecule has 0 radical (unpaired) electrons. The highest BCUT2D eigenvalue weighted by atomic mass is 33.1. The molecule has 2 aromatic carbocycles. The predicted molar refractivity (Wildman–Crippen MR) is 184 cm³/mol. The lowest BCUT2D eigenvalue weighted by molar-refractivity contribution is -0.146. The minimum absolute atomic E-state index is 0.113. The summed E-state index contributed by atoms with van der Waals surface area (Å²) in [7, 11) is 3.71. The van der Waals surface area contributed by atoms with Gasteiger partial charge in [-0.3, -0.25) is 19.2 Å². The molecule has 12 nitrogen and oxygen atoms in total. The van der Waals surface area contributed by atoms with Crippen molar-refractivity contribution in [2.45, 2.75) is 88.0 Å². The van der Waals surface area contributed by atoms with Crippen LogP contribution >= 0.6 is 21.6 Å². The fourth-order valence-corrected chi connectivity index (χ4v) is 7.98. The van der Waals surface area contributed by atoms with Crippen molar-refractivity contribution < 1.29 is 33.8 Å². The van der Waals surface area contributed by atoms with E-state index in [1.54, 1.807) is 39.8 Å². The van der Waals surface area contributed by atoms with E-state index < -0.39 is 69.8 Å². The number of carbonyl (C=O) groups excluding carboxylic acids is 5. The van der Waals surface area contributed by atoms with Crippen LogP contribution < -0.4 is 27.0 Å². The second-order valence-corrected chi connectivity index (χ2v) is 16.1. The maximum Gasteiger partial charge on any atom is 0.329 e. The van der Waals surface area contributed by atoms with Crippen molar-refractivity contribution in [2.75, 3.05) is 13.7 Å². The molecule has 0 bridgehead atoms. The molecule has 0 aliphatic carbocycles. The number of nitrogens with two attached hydrogens (primary N) is 1. The SMILES string of the molecule is COC(=O)[C@H]1NC(=O)[C@@H](Cc2ccccc2)NC(=O)CNC(=O)[C@@H](NC(=O)[C@@H](N)Cc2c(C)cc(O)cc2C)C(C)(C)SSC1(C)C. The van der Waals surface area contributed by atoms with Gasteiger partial charge >= 0.3 is 5.97 Å². The Morgan fingerprint density at radius 1 is 1.00 bits per heavy atom. The number of aryl methyl sites for hydroxylation is 2. The minimum Gasteiger partial charge on any atom is -0.508 e. The number of amides is 4. The van der Waals surface area contributed by atoms with E-state index in [4.69, 9.17) is 10.5 Å². The van der Waals surface area contributed by atoms with Gasteiger partial charge in [0.05, 0.1) is 24.4 Å². The molecular formula is C33H45N5O7S2. The Balaban J connectivity index is 1.92. The van der Waals surface area contributed by atoms with Crippen molar-refractivity contribution >= 4 is 51.2 Å². The third-order valence-electron chi connectivity index (χ3n) is 7.93. The lowest BCUT2D eigenvalue weighted by Crippen LogP contribution is -2.62. The minimum atomic E-state index is -1.15. The van der Waals surface area contributed by atoms with E-state index in [0.29, 0.717) is 0 Å². The molecule has 4 atom stereocenters. The second-order valence-electron chi connectivity index (χ2n) is 12.7. The van der Waals surface area contributed by atoms with Crippen LogP contribution in [0.2, 0.25) is 0 Å². The summed E-state index contributed by atoms with van der Waals surface area (Å²) in [6.07, 6.45) is 0.297. The first-order chi connectivity index (χ1) is 21.9. The lowest BCUT2D eigenvalue weighted by Gasteiger charge is -2.38. The number of nitrogens with one attached hydrogen (secondary N) is 4. The van der Waals surface area contributed by atoms with Crippen LogP contribution in [0.25, 0.3) is 0 Å². The summed E-state index contributed by atoms with van der Waals surface area (Å²) >= 11 is 0. The summed E-state index contributed by atoms with van der Waals surface area (Å²) in [6, 6.07) is 7.88. The number of hydrogen-bond acceptors (Lipinski definition) is 10. The monoisotopic (exact) mass is 687 g/mol. The molecular weight excluding hydrogens is 643 g/mol. The fraction of sp³-hybridized carbons (Fsp3) is 0.485. The number of ether oxygens (including phenoxy) is 1. The van der Waals surface area contributed by atoms with E-state index in [-0.39, 0.29) is 18.6 Å². The van der Waals surface area contributed by atoms with Crippen LogP contribution in [0.4, 0.5) is 0 Å². The van der Waals surface area contributed by atoms with Crippen LogP contribution in [0.3, 0.4) is 0 Å². The molecule has 14 heteroatoms. The molecule has 7 N–H and O–H groups in total. The van der Waals surface area contributed by atoms with Gasteiger partial charge in [0.15, 0.2) is 0 Å². The van der Waals surface area contributed by atoms with Gasteiger partial charge in [-0.2, -0.15) is 0 Å². The van der Waals surface area contributed by atoms with Crippen molar-refractivity contribution in [3.05, 3.63) is 64.7 Å². The smallest absolute Gasteiger partial charge is 0.329 e. The molecule has 2 aromatic rings. The Hall–Kier alpha value is -3.75. The first-order valence-electron chi connectivity index (χ1n) is 15.2. The van der Waals surface area contributed by atoms with Gasteiger partial charge in [-0.1, -0.05) is 51.9 Å². The molecule has 1 aliphatic rings. The molecule has 3 rings (SSSR count). The third kappa shape index (κ3) is 10.1. The number of esters is 1. The Bertz CT molecular complexity index is 1460. The summed E-state index contributed by atoms with van der Waals surface area (Å²) in [5.74, 6) is -3.00. The zero-order valence-corrected chi connectivity index (χ0v) is 29.4. The van der Waals surface area contributed by atoms with E-state index in [0.717, 1.165) is 22.3 Å². The van der Waals surface area contributed by atoms with Crippen molar-refractivity contribution in [1.29, 1.82) is 0 Å². The first-order valence-corrected chi connectivity index (χ1v) is 17.3. The number of aromatic hydroxyl groups is 1. The van der Waals surface area contributed by atoms with Gasteiger partial charge in [0, 0.05) is 11.2 Å². The summed E-state index contributed by atoms with van der Waals surface area (Å²) in [4.78, 5) is 66.8. The normalized spacial score (nSPS) is 22.5. The van der Waals surface area contributed by atoms with Gasteiger partial charge in [-0.25, -0.2) is 4.79 Å². The van der Waals surface area contributed by atoms with Gasteiger partial charge in [0.1, 0.15) is 23.9 Å². The molecule has 1 fully saturated rings. The maximum absolute atomic E-state index is 13.7. The highest BCUT2D eigenvalue weighted by Crippen LogP contribution is 2.46. The standard InChI is InChI=1S/C33H45N5O7S2/c1-18-13-21(39)14-19(2)22(18)16-23(34)28(41)37-26-30(43)35-17-25(40)36-24(15-20-11-9-8-10-12-20)29(42)38-27(31(44)45-7)33(5,6)47-46-32(26,3)4/h8-14,23-24,26-27,39H,15-17,34H2,1-7H3,(H,35,43)(H,36,40)(H,37,41)(H,38,42)/t23-,24+,26+,27+/m0/s1. The molecule has 1 heterocycles. The highest BCUT2D eigenvalue weighted by molar-refractivity contribution is 8.77. The van der Waals surface area contributed by atoms with Crippen LogP contribution in [0.15, 0.2) is 42.5 Å². The van der Waals surface area contributed by atoms with E-state index >= 15 is 0 Å². The Morgan fingerprint density at radius 3 is 2.19 bits per heavy atom. The van der Waals surface area contributed by atoms with E-state index in [2.05, 4.69) is 21.3 Å². The molecule has 1 saturated heterocycles. The Labute approximate surface area is 283 Å². The van der Waals surface area contributed by atoms with Crippen molar-refractivity contribution in [2.24, 2.45) is 5.73 Å². The molecule has 0 unspecified atom stereocenters. The van der Waals surface area contributed by atoms with Gasteiger partial charge in [-0.15, -0.1) is 0 Å². The number of benzene rings is 2. The molecule has 0 spiro atoms. The number of phenolic OH excluding ortho intramolecular Hbond substituents is 1. The van der Waals surface area contributed by atoms with E-state index in [1.165, 1.54) is 28.7 Å². The fourth-order valence-electron chi connectivity index (χ4n) is 5.17. The topological polar surface area (TPSA) is 189 Å². The molecule has 4 amide bonds. The summed E-state index contributed by atoms with van der Waals surface area (Å²) in [5.41, 5.74) is 9.47. The van der Waals surface area contributed by atoms with Crippen LogP contribution in [-0.4, -0.2) is 82.0 Å². The number of hydrogen-bond donors (Lipinski definition) is 6. The average molecular weight is 688 g/mol. The summed E-state index contributed by atoms with van der Waals surface area (Å²) in [6.45, 7) is 10.2. The van der Waals surface area contributed by atoms with Crippen LogP contribution in [0, 0.1) is 13.8 Å². The number of phenols is 1. The third-order valence-corrected chi connectivity index (χ3v) is 12.2. The second kappa shape index (κ2) is 15.9. The highest BCUT2D eigenvalue weighted by Gasteiger charge is 2.44. The quantitative estimate of drug-likeness (QED) is 0.185. The van der Waals surface area contributed by atoms with Gasteiger partial charge in [0.25, 0.3) is 0 Å². The van der Waals surface area contributed by atoms with Crippen LogP contribution in [0.5, 0.6) is 5.75 Å². The number of carbonyl (C=O) groups is 5. The molecule has 256 valence electrons. The van der Waals surface area contributed by atoms with Crippen molar-refractivity contribution in [3.63, 3.8) is 0 Å².